The van der Waals surface area contributed by atoms with E-state index < -0.39 is 0 Å². The number of amides is 1. The first-order valence-corrected chi connectivity index (χ1v) is 7.12. The lowest BCUT2D eigenvalue weighted by atomic mass is 9.85. The minimum atomic E-state index is -0.100. The van der Waals surface area contributed by atoms with Crippen molar-refractivity contribution in [3.8, 4) is 0 Å². The minimum absolute atomic E-state index is 0.0324. The van der Waals surface area contributed by atoms with Crippen LogP contribution in [0.5, 0.6) is 0 Å². The van der Waals surface area contributed by atoms with Gasteiger partial charge < -0.3 is 10.6 Å². The molecule has 1 rings (SSSR count). The molecule has 1 aromatic rings. The first kappa shape index (κ1) is 15.2. The lowest BCUT2D eigenvalue weighted by molar-refractivity contribution is -0.131. The Bertz CT molecular complexity index is 406. The number of carbonyl (C=O) groups is 1. The van der Waals surface area contributed by atoms with Crippen LogP contribution in [0.1, 0.15) is 37.6 Å². The maximum absolute atomic E-state index is 12.1. The van der Waals surface area contributed by atoms with Crippen LogP contribution >= 0.6 is 11.3 Å². The molecule has 4 heteroatoms. The Morgan fingerprint density at radius 3 is 2.56 bits per heavy atom. The van der Waals surface area contributed by atoms with E-state index in [9.17, 15) is 4.79 Å². The van der Waals surface area contributed by atoms with E-state index >= 15 is 0 Å². The van der Waals surface area contributed by atoms with Crippen LogP contribution in [-0.2, 0) is 11.3 Å². The summed E-state index contributed by atoms with van der Waals surface area (Å²) >= 11 is 1.69. The Labute approximate surface area is 114 Å². The Morgan fingerprint density at radius 2 is 2.11 bits per heavy atom. The van der Waals surface area contributed by atoms with Crippen molar-refractivity contribution >= 4 is 17.2 Å². The van der Waals surface area contributed by atoms with Gasteiger partial charge in [-0.05, 0) is 29.3 Å². The van der Waals surface area contributed by atoms with Crippen LogP contribution in [0.2, 0.25) is 0 Å². The molecular formula is C14H24N2OS. The van der Waals surface area contributed by atoms with E-state index in [4.69, 9.17) is 5.73 Å². The summed E-state index contributed by atoms with van der Waals surface area (Å²) in [4.78, 5) is 15.1. The average molecular weight is 268 g/mol. The van der Waals surface area contributed by atoms with E-state index in [-0.39, 0.29) is 17.4 Å². The van der Waals surface area contributed by atoms with Gasteiger partial charge in [-0.2, -0.15) is 0 Å². The smallest absolute Gasteiger partial charge is 0.224 e. The van der Waals surface area contributed by atoms with Gasteiger partial charge in [0.25, 0.3) is 0 Å². The zero-order chi connectivity index (χ0) is 13.9. The van der Waals surface area contributed by atoms with Gasteiger partial charge in [0.2, 0.25) is 5.91 Å². The number of carbonyl (C=O) groups excluding carboxylic acids is 1. The van der Waals surface area contributed by atoms with Crippen molar-refractivity contribution in [1.82, 2.24) is 4.90 Å². The second kappa shape index (κ2) is 5.85. The van der Waals surface area contributed by atoms with Gasteiger partial charge in [0.05, 0.1) is 6.54 Å². The lowest BCUT2D eigenvalue weighted by Gasteiger charge is -2.28. The molecule has 1 amide bonds. The summed E-state index contributed by atoms with van der Waals surface area (Å²) in [5.74, 6) is 0.116. The number of hydrogen-bond donors (Lipinski definition) is 1. The van der Waals surface area contributed by atoms with Crippen LogP contribution < -0.4 is 5.73 Å². The van der Waals surface area contributed by atoms with Gasteiger partial charge in [0.15, 0.2) is 0 Å². The molecule has 0 spiro atoms. The monoisotopic (exact) mass is 268 g/mol. The maximum Gasteiger partial charge on any atom is 0.224 e. The highest BCUT2D eigenvalue weighted by Crippen LogP contribution is 2.21. The summed E-state index contributed by atoms with van der Waals surface area (Å²) in [7, 11) is 1.84. The molecule has 1 atom stereocenters. The Morgan fingerprint density at radius 1 is 1.50 bits per heavy atom. The fraction of sp³-hybridized carbons (Fsp3) is 0.643. The standard InChI is InChI=1S/C14H24N2OS/c1-10-6-7-18-11(10)9-16(5)13(17)8-12(15)14(2,3)4/h6-7,12H,8-9,15H2,1-5H3. The Kier molecular flexibility index (Phi) is 4.93. The van der Waals surface area contributed by atoms with Crippen LogP contribution in [0.15, 0.2) is 11.4 Å². The van der Waals surface area contributed by atoms with Crippen molar-refractivity contribution in [1.29, 1.82) is 0 Å². The zero-order valence-corrected chi connectivity index (χ0v) is 12.8. The van der Waals surface area contributed by atoms with Crippen LogP contribution in [-0.4, -0.2) is 23.9 Å². The summed E-state index contributed by atoms with van der Waals surface area (Å²) in [6, 6.07) is 1.98. The normalized spacial score (nSPS) is 13.4. The highest BCUT2D eigenvalue weighted by molar-refractivity contribution is 7.10. The predicted octanol–water partition coefficient (Wildman–Crippen LogP) is 2.78. The number of thiophene rings is 1. The number of nitrogens with two attached hydrogens (primary N) is 1. The van der Waals surface area contributed by atoms with E-state index in [0.717, 1.165) is 0 Å². The molecule has 0 aliphatic heterocycles. The molecule has 0 saturated carbocycles. The summed E-state index contributed by atoms with van der Waals surface area (Å²) in [5, 5.41) is 2.06. The van der Waals surface area contributed by atoms with Crippen LogP contribution in [0, 0.1) is 12.3 Å². The molecule has 0 fully saturated rings. The quantitative estimate of drug-likeness (QED) is 0.912. The van der Waals surface area contributed by atoms with Gasteiger partial charge in [-0.1, -0.05) is 20.8 Å². The van der Waals surface area contributed by atoms with Crippen molar-refractivity contribution in [2.75, 3.05) is 7.05 Å². The van der Waals surface area contributed by atoms with E-state index in [0.29, 0.717) is 13.0 Å². The number of rotatable bonds is 4. The van der Waals surface area contributed by atoms with E-state index in [1.807, 2.05) is 7.05 Å². The third kappa shape index (κ3) is 4.10. The fourth-order valence-corrected chi connectivity index (χ4v) is 2.48. The van der Waals surface area contributed by atoms with Crippen LogP contribution in [0.25, 0.3) is 0 Å². The molecule has 0 saturated heterocycles. The molecule has 1 heterocycles. The van der Waals surface area contributed by atoms with Crippen molar-refractivity contribution in [3.05, 3.63) is 21.9 Å². The largest absolute Gasteiger partial charge is 0.341 e. The number of hydrogen-bond acceptors (Lipinski definition) is 3. The van der Waals surface area contributed by atoms with Gasteiger partial charge in [-0.15, -0.1) is 11.3 Å². The molecule has 0 radical (unpaired) electrons. The number of nitrogens with zero attached hydrogens (tertiary/aromatic N) is 1. The molecule has 0 aliphatic carbocycles. The van der Waals surface area contributed by atoms with Crippen LogP contribution in [0.3, 0.4) is 0 Å². The zero-order valence-electron chi connectivity index (χ0n) is 12.0. The summed E-state index contributed by atoms with van der Waals surface area (Å²) in [6.45, 7) is 8.95. The predicted molar refractivity (Wildman–Crippen MR) is 77.6 cm³/mol. The van der Waals surface area contributed by atoms with E-state index in [2.05, 4.69) is 39.1 Å². The van der Waals surface area contributed by atoms with Gasteiger partial charge >= 0.3 is 0 Å². The average Bonchev–Trinajstić information content (AvgIpc) is 2.62. The molecule has 0 bridgehead atoms. The second-order valence-corrected chi connectivity index (χ2v) is 6.95. The highest BCUT2D eigenvalue weighted by Gasteiger charge is 2.24. The first-order chi connectivity index (χ1) is 8.21. The molecular weight excluding hydrogens is 244 g/mol. The third-order valence-electron chi connectivity index (χ3n) is 3.28. The summed E-state index contributed by atoms with van der Waals surface area (Å²) in [5.41, 5.74) is 7.27. The van der Waals surface area contributed by atoms with Gasteiger partial charge in [-0.25, -0.2) is 0 Å². The van der Waals surface area contributed by atoms with E-state index in [1.54, 1.807) is 16.2 Å². The molecule has 0 aromatic carbocycles. The topological polar surface area (TPSA) is 46.3 Å². The maximum atomic E-state index is 12.1. The first-order valence-electron chi connectivity index (χ1n) is 6.24. The van der Waals surface area contributed by atoms with Crippen molar-refractivity contribution in [2.24, 2.45) is 11.1 Å². The van der Waals surface area contributed by atoms with Gasteiger partial charge in [0, 0.05) is 24.4 Å². The van der Waals surface area contributed by atoms with Crippen molar-refractivity contribution in [2.45, 2.75) is 46.7 Å². The van der Waals surface area contributed by atoms with Crippen LogP contribution in [0.4, 0.5) is 0 Å². The molecule has 102 valence electrons. The van der Waals surface area contributed by atoms with Crippen molar-refractivity contribution < 1.29 is 4.79 Å². The third-order valence-corrected chi connectivity index (χ3v) is 4.29. The molecule has 1 unspecified atom stereocenters. The lowest BCUT2D eigenvalue weighted by Crippen LogP contribution is -2.40. The van der Waals surface area contributed by atoms with Gasteiger partial charge in [0.1, 0.15) is 0 Å². The number of aryl methyl sites for hydroxylation is 1. The second-order valence-electron chi connectivity index (χ2n) is 5.95. The van der Waals surface area contributed by atoms with E-state index in [1.165, 1.54) is 10.4 Å². The molecule has 2 N–H and O–H groups in total. The Balaban J connectivity index is 2.55. The molecule has 3 nitrogen and oxygen atoms in total. The van der Waals surface area contributed by atoms with Crippen molar-refractivity contribution in [3.63, 3.8) is 0 Å². The fourth-order valence-electron chi connectivity index (χ4n) is 1.52. The molecule has 1 aromatic heterocycles. The minimum Gasteiger partial charge on any atom is -0.341 e. The van der Waals surface area contributed by atoms with Gasteiger partial charge in [-0.3, -0.25) is 4.79 Å². The summed E-state index contributed by atoms with van der Waals surface area (Å²) < 4.78 is 0. The summed E-state index contributed by atoms with van der Waals surface area (Å²) in [6.07, 6.45) is 0.407. The molecule has 18 heavy (non-hydrogen) atoms. The highest BCUT2D eigenvalue weighted by atomic mass is 32.1. The SMILES string of the molecule is Cc1ccsc1CN(C)C(=O)CC(N)C(C)(C)C. The Hall–Kier alpha value is -0.870. The molecule has 0 aliphatic rings.